The first-order valence-electron chi connectivity index (χ1n) is 5.34. The quantitative estimate of drug-likeness (QED) is 0.853. The highest BCUT2D eigenvalue weighted by atomic mass is 35.5. The summed E-state index contributed by atoms with van der Waals surface area (Å²) in [4.78, 5) is 0. The van der Waals surface area contributed by atoms with Crippen LogP contribution in [0.4, 0.5) is 0 Å². The molecule has 0 aliphatic rings. The lowest BCUT2D eigenvalue weighted by Gasteiger charge is -2.19. The standard InChI is InChI=1S/C12H17Cl2NO/c1-8(2)6-15-11(7-16)9-4-3-5-10(13)12(9)14/h3-5,8,11,15-16H,6-7H2,1-2H3. The van der Waals surface area contributed by atoms with Crippen molar-refractivity contribution in [3.05, 3.63) is 33.8 Å². The van der Waals surface area contributed by atoms with Gasteiger partial charge in [0.05, 0.1) is 22.7 Å². The topological polar surface area (TPSA) is 32.3 Å². The largest absolute Gasteiger partial charge is 0.394 e. The van der Waals surface area contributed by atoms with Gasteiger partial charge < -0.3 is 10.4 Å². The second-order valence-electron chi connectivity index (χ2n) is 4.18. The summed E-state index contributed by atoms with van der Waals surface area (Å²) in [5, 5.41) is 13.6. The van der Waals surface area contributed by atoms with Crippen LogP contribution in [0.15, 0.2) is 18.2 Å². The number of hydrogen-bond acceptors (Lipinski definition) is 2. The van der Waals surface area contributed by atoms with Crippen molar-refractivity contribution >= 4 is 23.2 Å². The van der Waals surface area contributed by atoms with Crippen molar-refractivity contribution in [3.8, 4) is 0 Å². The Kier molecular flexibility index (Phi) is 5.56. The third-order valence-corrected chi connectivity index (χ3v) is 3.15. The minimum absolute atomic E-state index is 0.00673. The van der Waals surface area contributed by atoms with E-state index in [1.54, 1.807) is 6.07 Å². The molecule has 1 aromatic rings. The van der Waals surface area contributed by atoms with Crippen molar-refractivity contribution in [1.29, 1.82) is 0 Å². The molecule has 2 nitrogen and oxygen atoms in total. The van der Waals surface area contributed by atoms with E-state index in [2.05, 4.69) is 19.2 Å². The fourth-order valence-electron chi connectivity index (χ4n) is 1.44. The van der Waals surface area contributed by atoms with Gasteiger partial charge >= 0.3 is 0 Å². The molecular weight excluding hydrogens is 245 g/mol. The van der Waals surface area contributed by atoms with E-state index >= 15 is 0 Å². The Bertz CT molecular complexity index is 342. The second kappa shape index (κ2) is 6.45. The van der Waals surface area contributed by atoms with Crippen LogP contribution in [0.2, 0.25) is 10.0 Å². The predicted molar refractivity (Wildman–Crippen MR) is 69.1 cm³/mol. The van der Waals surface area contributed by atoms with Crippen LogP contribution < -0.4 is 5.32 Å². The summed E-state index contributed by atoms with van der Waals surface area (Å²) in [5.41, 5.74) is 0.845. The van der Waals surface area contributed by atoms with Crippen LogP contribution in [0.1, 0.15) is 25.5 Å². The Balaban J connectivity index is 2.82. The van der Waals surface area contributed by atoms with E-state index in [0.29, 0.717) is 16.0 Å². The molecule has 2 N–H and O–H groups in total. The third kappa shape index (κ3) is 3.63. The Labute approximate surface area is 107 Å². The lowest BCUT2D eigenvalue weighted by Crippen LogP contribution is -2.28. The highest BCUT2D eigenvalue weighted by Gasteiger charge is 2.15. The molecule has 0 saturated carbocycles. The van der Waals surface area contributed by atoms with E-state index in [9.17, 15) is 5.11 Å². The molecule has 16 heavy (non-hydrogen) atoms. The maximum atomic E-state index is 9.34. The fraction of sp³-hybridized carbons (Fsp3) is 0.500. The Hall–Kier alpha value is -0.280. The average Bonchev–Trinajstić information content (AvgIpc) is 2.24. The molecule has 0 heterocycles. The molecule has 0 saturated heterocycles. The number of benzene rings is 1. The van der Waals surface area contributed by atoms with Gasteiger partial charge in [-0.2, -0.15) is 0 Å². The molecule has 0 radical (unpaired) electrons. The zero-order valence-electron chi connectivity index (χ0n) is 9.50. The molecule has 0 aliphatic heterocycles. The normalized spacial score (nSPS) is 13.1. The van der Waals surface area contributed by atoms with Crippen LogP contribution in [0, 0.1) is 5.92 Å². The monoisotopic (exact) mass is 261 g/mol. The van der Waals surface area contributed by atoms with Gasteiger partial charge in [0.2, 0.25) is 0 Å². The Morgan fingerprint density at radius 2 is 2.00 bits per heavy atom. The molecule has 0 fully saturated rings. The molecule has 90 valence electrons. The van der Waals surface area contributed by atoms with Gasteiger partial charge in [-0.3, -0.25) is 0 Å². The predicted octanol–water partition coefficient (Wildman–Crippen LogP) is 3.27. The van der Waals surface area contributed by atoms with Gasteiger partial charge in [-0.1, -0.05) is 49.2 Å². The first-order valence-corrected chi connectivity index (χ1v) is 6.10. The molecule has 0 aromatic heterocycles. The molecule has 0 amide bonds. The van der Waals surface area contributed by atoms with Crippen molar-refractivity contribution in [3.63, 3.8) is 0 Å². The third-order valence-electron chi connectivity index (χ3n) is 2.31. The molecular formula is C12H17Cl2NO. The van der Waals surface area contributed by atoms with E-state index in [-0.39, 0.29) is 12.6 Å². The minimum atomic E-state index is -0.159. The van der Waals surface area contributed by atoms with Gasteiger partial charge in [0, 0.05) is 0 Å². The smallest absolute Gasteiger partial charge is 0.0640 e. The zero-order valence-corrected chi connectivity index (χ0v) is 11.0. The van der Waals surface area contributed by atoms with Crippen molar-refractivity contribution in [2.45, 2.75) is 19.9 Å². The van der Waals surface area contributed by atoms with Gasteiger partial charge in [-0.25, -0.2) is 0 Å². The molecule has 1 rings (SSSR count). The van der Waals surface area contributed by atoms with Gasteiger partial charge in [-0.05, 0) is 24.1 Å². The highest BCUT2D eigenvalue weighted by molar-refractivity contribution is 6.42. The first-order chi connectivity index (χ1) is 7.56. The maximum Gasteiger partial charge on any atom is 0.0640 e. The number of rotatable bonds is 5. The zero-order chi connectivity index (χ0) is 12.1. The van der Waals surface area contributed by atoms with Gasteiger partial charge in [-0.15, -0.1) is 0 Å². The van der Waals surface area contributed by atoms with Crippen LogP contribution >= 0.6 is 23.2 Å². The summed E-state index contributed by atoms with van der Waals surface area (Å²) in [6.45, 7) is 5.06. The van der Waals surface area contributed by atoms with Crippen LogP contribution in [-0.4, -0.2) is 18.3 Å². The van der Waals surface area contributed by atoms with E-state index in [4.69, 9.17) is 23.2 Å². The van der Waals surface area contributed by atoms with E-state index in [0.717, 1.165) is 12.1 Å². The molecule has 0 aliphatic carbocycles. The molecule has 1 unspecified atom stereocenters. The molecule has 4 heteroatoms. The SMILES string of the molecule is CC(C)CNC(CO)c1cccc(Cl)c1Cl. The Morgan fingerprint density at radius 1 is 1.31 bits per heavy atom. The van der Waals surface area contributed by atoms with Crippen LogP contribution in [0.25, 0.3) is 0 Å². The van der Waals surface area contributed by atoms with Crippen molar-refractivity contribution < 1.29 is 5.11 Å². The first kappa shape index (κ1) is 13.8. The lowest BCUT2D eigenvalue weighted by molar-refractivity contribution is 0.241. The Morgan fingerprint density at radius 3 is 2.56 bits per heavy atom. The number of nitrogens with one attached hydrogen (secondary N) is 1. The summed E-state index contributed by atoms with van der Waals surface area (Å²) < 4.78 is 0. The molecule has 1 atom stereocenters. The average molecular weight is 262 g/mol. The van der Waals surface area contributed by atoms with Crippen LogP contribution in [0.5, 0.6) is 0 Å². The molecule has 0 spiro atoms. The van der Waals surface area contributed by atoms with Gasteiger partial charge in [0.15, 0.2) is 0 Å². The summed E-state index contributed by atoms with van der Waals surface area (Å²) in [6.07, 6.45) is 0. The minimum Gasteiger partial charge on any atom is -0.394 e. The second-order valence-corrected chi connectivity index (χ2v) is 4.97. The summed E-state index contributed by atoms with van der Waals surface area (Å²) in [7, 11) is 0. The lowest BCUT2D eigenvalue weighted by atomic mass is 10.1. The van der Waals surface area contributed by atoms with Crippen molar-refractivity contribution in [2.75, 3.05) is 13.2 Å². The van der Waals surface area contributed by atoms with Gasteiger partial charge in [0.1, 0.15) is 0 Å². The molecule has 1 aromatic carbocycles. The highest BCUT2D eigenvalue weighted by Crippen LogP contribution is 2.29. The van der Waals surface area contributed by atoms with Crippen LogP contribution in [0.3, 0.4) is 0 Å². The summed E-state index contributed by atoms with van der Waals surface area (Å²) in [6, 6.07) is 5.30. The molecule has 0 bridgehead atoms. The number of aliphatic hydroxyl groups is 1. The van der Waals surface area contributed by atoms with Crippen LogP contribution in [-0.2, 0) is 0 Å². The van der Waals surface area contributed by atoms with E-state index in [1.165, 1.54) is 0 Å². The van der Waals surface area contributed by atoms with E-state index in [1.807, 2.05) is 12.1 Å². The van der Waals surface area contributed by atoms with Gasteiger partial charge in [0.25, 0.3) is 0 Å². The number of aliphatic hydroxyl groups excluding tert-OH is 1. The van der Waals surface area contributed by atoms with Crippen molar-refractivity contribution in [2.24, 2.45) is 5.92 Å². The number of halogens is 2. The van der Waals surface area contributed by atoms with Crippen molar-refractivity contribution in [1.82, 2.24) is 5.32 Å². The fourth-order valence-corrected chi connectivity index (χ4v) is 1.88. The van der Waals surface area contributed by atoms with E-state index < -0.39 is 0 Å². The maximum absolute atomic E-state index is 9.34. The summed E-state index contributed by atoms with van der Waals surface area (Å²) in [5.74, 6) is 0.520. The number of hydrogen-bond donors (Lipinski definition) is 2. The summed E-state index contributed by atoms with van der Waals surface area (Å²) >= 11 is 12.0.